The fourth-order valence-corrected chi connectivity index (χ4v) is 1.53. The SMILES string of the molecule is C[C@@H](N)[C@H]1CC1(Cl)Cl.Cl. The van der Waals surface area contributed by atoms with E-state index >= 15 is 0 Å². The number of alkyl halides is 2. The van der Waals surface area contributed by atoms with Crippen molar-refractivity contribution in [1.82, 2.24) is 0 Å². The minimum Gasteiger partial charge on any atom is -0.328 e. The first-order valence-electron chi connectivity index (χ1n) is 2.67. The van der Waals surface area contributed by atoms with Crippen LogP contribution in [-0.2, 0) is 0 Å². The van der Waals surface area contributed by atoms with Crippen LogP contribution in [0.3, 0.4) is 0 Å². The molecule has 4 heteroatoms. The highest BCUT2D eigenvalue weighted by Crippen LogP contribution is 2.54. The predicted octanol–water partition coefficient (Wildman–Crippen LogP) is 1.95. The third-order valence-electron chi connectivity index (χ3n) is 1.51. The Morgan fingerprint density at radius 2 is 2.00 bits per heavy atom. The molecular formula is C5H10Cl3N. The summed E-state index contributed by atoms with van der Waals surface area (Å²) in [5, 5.41) is 0. The standard InChI is InChI=1S/C5H9Cl2N.ClH/c1-3(8)4-2-5(4,6)7;/h3-4H,2,8H2,1H3;1H/t3-,4-;/m1./s1. The summed E-state index contributed by atoms with van der Waals surface area (Å²) in [6.07, 6.45) is 0.855. The van der Waals surface area contributed by atoms with Crippen molar-refractivity contribution in [1.29, 1.82) is 0 Å². The highest BCUT2D eigenvalue weighted by atomic mass is 35.5. The van der Waals surface area contributed by atoms with Crippen molar-refractivity contribution in [3.05, 3.63) is 0 Å². The summed E-state index contributed by atoms with van der Waals surface area (Å²) in [4.78, 5) is 0. The number of rotatable bonds is 1. The summed E-state index contributed by atoms with van der Waals surface area (Å²) in [5.41, 5.74) is 5.50. The van der Waals surface area contributed by atoms with Gasteiger partial charge >= 0.3 is 0 Å². The van der Waals surface area contributed by atoms with Gasteiger partial charge in [-0.25, -0.2) is 0 Å². The van der Waals surface area contributed by atoms with Crippen molar-refractivity contribution in [2.45, 2.75) is 23.7 Å². The number of nitrogens with two attached hydrogens (primary N) is 1. The smallest absolute Gasteiger partial charge is 0.123 e. The van der Waals surface area contributed by atoms with E-state index < -0.39 is 4.33 Å². The van der Waals surface area contributed by atoms with E-state index in [2.05, 4.69) is 0 Å². The van der Waals surface area contributed by atoms with E-state index in [1.165, 1.54) is 0 Å². The predicted molar refractivity (Wildman–Crippen MR) is 43.4 cm³/mol. The molecule has 0 amide bonds. The molecule has 0 saturated heterocycles. The van der Waals surface area contributed by atoms with Gasteiger partial charge in [0.05, 0.1) is 0 Å². The van der Waals surface area contributed by atoms with Crippen LogP contribution in [0.2, 0.25) is 0 Å². The molecule has 0 heterocycles. The molecule has 56 valence electrons. The maximum atomic E-state index is 5.69. The molecule has 1 fully saturated rings. The summed E-state index contributed by atoms with van der Waals surface area (Å²) < 4.78 is -0.492. The molecule has 1 aliphatic rings. The fourth-order valence-electron chi connectivity index (χ4n) is 0.805. The Balaban J connectivity index is 0.000000640. The molecule has 1 rings (SSSR count). The lowest BCUT2D eigenvalue weighted by molar-refractivity contribution is 0.643. The molecule has 0 bridgehead atoms. The summed E-state index contributed by atoms with van der Waals surface area (Å²) in [7, 11) is 0. The monoisotopic (exact) mass is 189 g/mol. The van der Waals surface area contributed by atoms with Crippen LogP contribution in [0.15, 0.2) is 0 Å². The molecule has 1 nitrogen and oxygen atoms in total. The molecule has 0 unspecified atom stereocenters. The van der Waals surface area contributed by atoms with Crippen molar-refractivity contribution in [2.24, 2.45) is 11.7 Å². The lowest BCUT2D eigenvalue weighted by Crippen LogP contribution is -2.20. The van der Waals surface area contributed by atoms with Gasteiger partial charge in [0.1, 0.15) is 4.33 Å². The van der Waals surface area contributed by atoms with Crippen LogP contribution in [0.1, 0.15) is 13.3 Å². The number of hydrogen-bond acceptors (Lipinski definition) is 1. The van der Waals surface area contributed by atoms with Gasteiger partial charge in [0.2, 0.25) is 0 Å². The van der Waals surface area contributed by atoms with E-state index in [0.717, 1.165) is 6.42 Å². The first-order valence-corrected chi connectivity index (χ1v) is 3.43. The summed E-state index contributed by atoms with van der Waals surface area (Å²) in [5.74, 6) is 0.325. The third-order valence-corrected chi connectivity index (χ3v) is 2.38. The van der Waals surface area contributed by atoms with Crippen LogP contribution < -0.4 is 5.73 Å². The lowest BCUT2D eigenvalue weighted by atomic mass is 10.2. The largest absolute Gasteiger partial charge is 0.328 e. The van der Waals surface area contributed by atoms with Gasteiger partial charge in [-0.1, -0.05) is 0 Å². The number of halogens is 3. The number of hydrogen-bond donors (Lipinski definition) is 1. The van der Waals surface area contributed by atoms with E-state index in [1.54, 1.807) is 0 Å². The highest BCUT2D eigenvalue weighted by Gasteiger charge is 2.53. The van der Waals surface area contributed by atoms with Gasteiger partial charge in [-0.05, 0) is 13.3 Å². The average Bonchev–Trinajstić information content (AvgIpc) is 2.13. The Morgan fingerprint density at radius 3 is 2.00 bits per heavy atom. The first-order chi connectivity index (χ1) is 3.54. The quantitative estimate of drug-likeness (QED) is 0.629. The summed E-state index contributed by atoms with van der Waals surface area (Å²) in [6, 6.07) is 0.144. The Kier molecular flexibility index (Phi) is 3.09. The van der Waals surface area contributed by atoms with Gasteiger partial charge in [0, 0.05) is 12.0 Å². The van der Waals surface area contributed by atoms with Gasteiger partial charge in [0.15, 0.2) is 0 Å². The summed E-state index contributed by atoms with van der Waals surface area (Å²) >= 11 is 11.4. The van der Waals surface area contributed by atoms with Crippen LogP contribution in [0.4, 0.5) is 0 Å². The molecule has 2 atom stereocenters. The molecule has 0 aromatic carbocycles. The molecule has 9 heavy (non-hydrogen) atoms. The molecule has 2 N–H and O–H groups in total. The maximum Gasteiger partial charge on any atom is 0.123 e. The molecule has 1 saturated carbocycles. The van der Waals surface area contributed by atoms with Crippen LogP contribution in [0.25, 0.3) is 0 Å². The molecular weight excluding hydrogens is 180 g/mol. The summed E-state index contributed by atoms with van der Waals surface area (Å²) in [6.45, 7) is 1.93. The second kappa shape index (κ2) is 2.83. The Morgan fingerprint density at radius 1 is 1.67 bits per heavy atom. The zero-order valence-corrected chi connectivity index (χ0v) is 7.43. The molecule has 0 aromatic heterocycles. The topological polar surface area (TPSA) is 26.0 Å². The fraction of sp³-hybridized carbons (Fsp3) is 1.00. The Hall–Kier alpha value is 0.830. The molecule has 0 aromatic rings. The van der Waals surface area contributed by atoms with E-state index in [9.17, 15) is 0 Å². The Bertz CT molecular complexity index is 102. The van der Waals surface area contributed by atoms with Crippen molar-refractivity contribution >= 4 is 35.6 Å². The van der Waals surface area contributed by atoms with Gasteiger partial charge in [-0.3, -0.25) is 0 Å². The molecule has 0 radical (unpaired) electrons. The first kappa shape index (κ1) is 9.83. The zero-order valence-electron chi connectivity index (χ0n) is 5.10. The highest BCUT2D eigenvalue weighted by molar-refractivity contribution is 6.50. The maximum absolute atomic E-state index is 5.69. The minimum absolute atomic E-state index is 0. The van der Waals surface area contributed by atoms with E-state index in [-0.39, 0.29) is 18.4 Å². The van der Waals surface area contributed by atoms with E-state index in [4.69, 9.17) is 28.9 Å². The van der Waals surface area contributed by atoms with Crippen LogP contribution in [-0.4, -0.2) is 10.4 Å². The van der Waals surface area contributed by atoms with Crippen LogP contribution in [0, 0.1) is 5.92 Å². The third kappa shape index (κ3) is 2.15. The second-order valence-electron chi connectivity index (χ2n) is 2.43. The van der Waals surface area contributed by atoms with E-state index in [1.807, 2.05) is 6.92 Å². The minimum atomic E-state index is -0.492. The van der Waals surface area contributed by atoms with Gasteiger partial charge < -0.3 is 5.73 Å². The van der Waals surface area contributed by atoms with Crippen LogP contribution in [0.5, 0.6) is 0 Å². The second-order valence-corrected chi connectivity index (χ2v) is 3.97. The van der Waals surface area contributed by atoms with Gasteiger partial charge in [-0.15, -0.1) is 35.6 Å². The van der Waals surface area contributed by atoms with Gasteiger partial charge in [0.25, 0.3) is 0 Å². The lowest BCUT2D eigenvalue weighted by Gasteiger charge is -2.01. The zero-order chi connectivity index (χ0) is 6.36. The molecule has 0 spiro atoms. The van der Waals surface area contributed by atoms with E-state index in [0.29, 0.717) is 5.92 Å². The average molecular weight is 191 g/mol. The van der Waals surface area contributed by atoms with Crippen molar-refractivity contribution < 1.29 is 0 Å². The van der Waals surface area contributed by atoms with Crippen molar-refractivity contribution in [3.8, 4) is 0 Å². The van der Waals surface area contributed by atoms with Crippen LogP contribution >= 0.6 is 35.6 Å². The molecule has 1 aliphatic carbocycles. The molecule has 0 aliphatic heterocycles. The van der Waals surface area contributed by atoms with Crippen molar-refractivity contribution in [3.63, 3.8) is 0 Å². The van der Waals surface area contributed by atoms with Gasteiger partial charge in [-0.2, -0.15) is 0 Å². The van der Waals surface area contributed by atoms with Crippen molar-refractivity contribution in [2.75, 3.05) is 0 Å². The normalized spacial score (nSPS) is 32.7. The Labute approximate surface area is 71.3 Å².